The Morgan fingerprint density at radius 1 is 1.30 bits per heavy atom. The van der Waals surface area contributed by atoms with Crippen molar-refractivity contribution in [3.05, 3.63) is 41.7 Å². The molecule has 0 aliphatic heterocycles. The first-order valence-electron chi connectivity index (χ1n) is 8.92. The highest BCUT2D eigenvalue weighted by atomic mass is 35.5. The zero-order chi connectivity index (χ0) is 19.4. The van der Waals surface area contributed by atoms with Gasteiger partial charge in [0.1, 0.15) is 5.75 Å². The van der Waals surface area contributed by atoms with Crippen LogP contribution in [-0.4, -0.2) is 35.9 Å². The summed E-state index contributed by atoms with van der Waals surface area (Å²) in [6, 6.07) is 6.61. The van der Waals surface area contributed by atoms with E-state index >= 15 is 0 Å². The minimum absolute atomic E-state index is 0.0928. The average molecular weight is 411 g/mol. The average Bonchev–Trinajstić information content (AvgIpc) is 3.10. The summed E-state index contributed by atoms with van der Waals surface area (Å²) in [4.78, 5) is 12.4. The molecule has 2 aromatic rings. The Morgan fingerprint density at radius 2 is 2.04 bits per heavy atom. The standard InChI is InChI=1S/C18H23ClN4O3S/c1-13-3-6-15(7-4-13)22-27(25,26)12-18(24)21-16-11-14(19)5-8-17(16)23-10-2-9-20-23/h2,5,8-11,13,15,22H,3-4,6-7,12H2,1H3,(H,21,24). The van der Waals surface area contributed by atoms with E-state index in [1.165, 1.54) is 0 Å². The summed E-state index contributed by atoms with van der Waals surface area (Å²) in [5.74, 6) is -0.635. The minimum atomic E-state index is -3.71. The highest BCUT2D eigenvalue weighted by Gasteiger charge is 2.25. The molecule has 0 unspecified atom stereocenters. The van der Waals surface area contributed by atoms with Gasteiger partial charge in [0.25, 0.3) is 0 Å². The number of rotatable bonds is 6. The molecular formula is C18H23ClN4O3S. The number of nitrogens with zero attached hydrogens (tertiary/aromatic N) is 2. The molecule has 7 nitrogen and oxygen atoms in total. The van der Waals surface area contributed by atoms with Crippen LogP contribution in [0.4, 0.5) is 5.69 Å². The molecule has 0 bridgehead atoms. The lowest BCUT2D eigenvalue weighted by molar-refractivity contribution is -0.113. The largest absolute Gasteiger partial charge is 0.323 e. The number of hydrogen-bond acceptors (Lipinski definition) is 4. The van der Waals surface area contributed by atoms with Crippen molar-refractivity contribution in [2.45, 2.75) is 38.6 Å². The second-order valence-electron chi connectivity index (χ2n) is 6.99. The van der Waals surface area contributed by atoms with E-state index in [-0.39, 0.29) is 6.04 Å². The Morgan fingerprint density at radius 3 is 2.70 bits per heavy atom. The van der Waals surface area contributed by atoms with Crippen LogP contribution in [0.25, 0.3) is 5.69 Å². The van der Waals surface area contributed by atoms with Gasteiger partial charge in [0.2, 0.25) is 15.9 Å². The summed E-state index contributed by atoms with van der Waals surface area (Å²) in [6.45, 7) is 2.17. The molecule has 27 heavy (non-hydrogen) atoms. The van der Waals surface area contributed by atoms with Crippen LogP contribution in [0, 0.1) is 5.92 Å². The van der Waals surface area contributed by atoms with Crippen LogP contribution in [0.15, 0.2) is 36.7 Å². The van der Waals surface area contributed by atoms with Crippen molar-refractivity contribution < 1.29 is 13.2 Å². The summed E-state index contributed by atoms with van der Waals surface area (Å²) in [5, 5.41) is 7.20. The van der Waals surface area contributed by atoms with Gasteiger partial charge in [-0.15, -0.1) is 0 Å². The van der Waals surface area contributed by atoms with E-state index in [0.29, 0.717) is 22.3 Å². The van der Waals surface area contributed by atoms with Crippen molar-refractivity contribution >= 4 is 33.2 Å². The molecule has 1 heterocycles. The third-order valence-electron chi connectivity index (χ3n) is 4.67. The summed E-state index contributed by atoms with van der Waals surface area (Å²) in [6.07, 6.45) is 6.94. The Hall–Kier alpha value is -1.90. The van der Waals surface area contributed by atoms with Crippen LogP contribution in [0.5, 0.6) is 0 Å². The van der Waals surface area contributed by atoms with E-state index in [9.17, 15) is 13.2 Å². The molecule has 0 spiro atoms. The van der Waals surface area contributed by atoms with Gasteiger partial charge >= 0.3 is 0 Å². The highest BCUT2D eigenvalue weighted by Crippen LogP contribution is 2.25. The molecule has 146 valence electrons. The van der Waals surface area contributed by atoms with Crippen LogP contribution in [0.1, 0.15) is 32.6 Å². The molecule has 9 heteroatoms. The predicted molar refractivity (Wildman–Crippen MR) is 106 cm³/mol. The topological polar surface area (TPSA) is 93.1 Å². The molecule has 1 aromatic carbocycles. The first kappa shape index (κ1) is 19.9. The quantitative estimate of drug-likeness (QED) is 0.765. The molecule has 0 atom stereocenters. The maximum Gasteiger partial charge on any atom is 0.241 e. The number of halogens is 1. The summed E-state index contributed by atoms with van der Waals surface area (Å²) in [7, 11) is -3.71. The summed E-state index contributed by atoms with van der Waals surface area (Å²) >= 11 is 6.02. The number of benzene rings is 1. The lowest BCUT2D eigenvalue weighted by Gasteiger charge is -2.26. The van der Waals surface area contributed by atoms with Crippen molar-refractivity contribution in [3.63, 3.8) is 0 Å². The number of amides is 1. The monoisotopic (exact) mass is 410 g/mol. The van der Waals surface area contributed by atoms with Gasteiger partial charge in [-0.2, -0.15) is 5.10 Å². The van der Waals surface area contributed by atoms with Gasteiger partial charge in [-0.25, -0.2) is 17.8 Å². The van der Waals surface area contributed by atoms with Crippen LogP contribution >= 0.6 is 11.6 Å². The van der Waals surface area contributed by atoms with E-state index < -0.39 is 21.7 Å². The molecular weight excluding hydrogens is 388 g/mol. The number of anilines is 1. The Bertz CT molecular complexity index is 891. The molecule has 2 N–H and O–H groups in total. The van der Waals surface area contributed by atoms with Gasteiger partial charge < -0.3 is 5.32 Å². The summed E-state index contributed by atoms with van der Waals surface area (Å²) < 4.78 is 28.9. The number of aromatic nitrogens is 2. The van der Waals surface area contributed by atoms with Crippen molar-refractivity contribution in [2.24, 2.45) is 5.92 Å². The Labute approximate surface area is 164 Å². The zero-order valence-electron chi connectivity index (χ0n) is 15.1. The second-order valence-corrected chi connectivity index (χ2v) is 9.18. The number of carbonyl (C=O) groups excluding carboxylic acids is 1. The fourth-order valence-corrected chi connectivity index (χ4v) is 4.67. The van der Waals surface area contributed by atoms with E-state index in [1.807, 2.05) is 0 Å². The molecule has 1 aliphatic rings. The van der Waals surface area contributed by atoms with Crippen LogP contribution in [0.3, 0.4) is 0 Å². The maximum atomic E-state index is 12.4. The molecule has 1 fully saturated rings. The Balaban J connectivity index is 1.66. The molecule has 1 amide bonds. The van der Waals surface area contributed by atoms with Crippen molar-refractivity contribution in [2.75, 3.05) is 11.1 Å². The van der Waals surface area contributed by atoms with Crippen LogP contribution in [0.2, 0.25) is 5.02 Å². The number of hydrogen-bond donors (Lipinski definition) is 2. The third-order valence-corrected chi connectivity index (χ3v) is 6.24. The molecule has 1 aliphatic carbocycles. The smallest absolute Gasteiger partial charge is 0.241 e. The van der Waals surface area contributed by atoms with E-state index in [4.69, 9.17) is 11.6 Å². The van der Waals surface area contributed by atoms with Crippen molar-refractivity contribution in [3.8, 4) is 5.69 Å². The van der Waals surface area contributed by atoms with Gasteiger partial charge in [0.05, 0.1) is 11.4 Å². The molecule has 0 radical (unpaired) electrons. The fourth-order valence-electron chi connectivity index (χ4n) is 3.25. The molecule has 1 saturated carbocycles. The lowest BCUT2D eigenvalue weighted by Crippen LogP contribution is -2.41. The lowest BCUT2D eigenvalue weighted by atomic mass is 9.88. The third kappa shape index (κ3) is 5.54. The van der Waals surface area contributed by atoms with Gasteiger partial charge in [-0.3, -0.25) is 4.79 Å². The van der Waals surface area contributed by atoms with Gasteiger partial charge in [0.15, 0.2) is 0 Å². The van der Waals surface area contributed by atoms with Crippen LogP contribution < -0.4 is 10.0 Å². The highest BCUT2D eigenvalue weighted by molar-refractivity contribution is 7.90. The normalized spacial score (nSPS) is 20.4. The SMILES string of the molecule is CC1CCC(NS(=O)(=O)CC(=O)Nc2cc(Cl)ccc2-n2cccn2)CC1. The van der Waals surface area contributed by atoms with Crippen molar-refractivity contribution in [1.82, 2.24) is 14.5 Å². The van der Waals surface area contributed by atoms with Gasteiger partial charge in [-0.05, 0) is 55.9 Å². The first-order chi connectivity index (χ1) is 12.8. The molecule has 0 saturated heterocycles. The number of sulfonamides is 1. The van der Waals surface area contributed by atoms with E-state index in [1.54, 1.807) is 41.3 Å². The molecule has 3 rings (SSSR count). The molecule has 1 aromatic heterocycles. The van der Waals surface area contributed by atoms with Crippen LogP contribution in [-0.2, 0) is 14.8 Å². The Kier molecular flexibility index (Phi) is 6.18. The van der Waals surface area contributed by atoms with E-state index in [0.717, 1.165) is 25.7 Å². The second kappa shape index (κ2) is 8.41. The fraction of sp³-hybridized carbons (Fsp3) is 0.444. The zero-order valence-corrected chi connectivity index (χ0v) is 16.6. The van der Waals surface area contributed by atoms with Gasteiger partial charge in [0, 0.05) is 23.5 Å². The number of carbonyl (C=O) groups is 1. The minimum Gasteiger partial charge on any atom is -0.323 e. The van der Waals surface area contributed by atoms with Gasteiger partial charge in [-0.1, -0.05) is 18.5 Å². The maximum absolute atomic E-state index is 12.4. The summed E-state index contributed by atoms with van der Waals surface area (Å²) in [5.41, 5.74) is 1.00. The first-order valence-corrected chi connectivity index (χ1v) is 10.9. The van der Waals surface area contributed by atoms with Crippen molar-refractivity contribution in [1.29, 1.82) is 0 Å². The van der Waals surface area contributed by atoms with E-state index in [2.05, 4.69) is 22.1 Å². The predicted octanol–water partition coefficient (Wildman–Crippen LogP) is 2.96. The number of nitrogens with one attached hydrogen (secondary N) is 2.